The van der Waals surface area contributed by atoms with Crippen LogP contribution in [-0.2, 0) is 19.1 Å². The monoisotopic (exact) mass is 410 g/mol. The van der Waals surface area contributed by atoms with Gasteiger partial charge in [0.25, 0.3) is 0 Å². The fraction of sp³-hybridized carbons (Fsp3) is 0.571. The van der Waals surface area contributed by atoms with Gasteiger partial charge in [-0.05, 0) is 30.2 Å². The summed E-state index contributed by atoms with van der Waals surface area (Å²) in [5.74, 6) is 0.0782. The molecule has 0 radical (unpaired) electrons. The number of hydrogen-bond acceptors (Lipinski definition) is 6. The molecule has 1 unspecified atom stereocenters. The third kappa shape index (κ3) is 10.5. The van der Waals surface area contributed by atoms with Gasteiger partial charge in [-0.25, -0.2) is 0 Å². The Kier molecular flexibility index (Phi) is 11.3. The molecule has 0 aromatic heterocycles. The predicted molar refractivity (Wildman–Crippen MR) is 115 cm³/mol. The average molecular weight is 411 g/mol. The number of carbonyl (C=O) groups excluding carboxylic acids is 2. The summed E-state index contributed by atoms with van der Waals surface area (Å²) in [5.41, 5.74) is 0.852. The highest BCUT2D eigenvalue weighted by molar-refractivity contribution is 8.24. The van der Waals surface area contributed by atoms with E-state index in [2.05, 4.69) is 27.7 Å². The number of esters is 2. The lowest BCUT2D eigenvalue weighted by molar-refractivity contribution is -0.150. The summed E-state index contributed by atoms with van der Waals surface area (Å²) in [7, 11) is 0. The molecule has 0 fully saturated rings. The molecule has 0 spiro atoms. The number of benzene rings is 1. The normalized spacial score (nSPS) is 12.1. The van der Waals surface area contributed by atoms with Crippen LogP contribution in [0.15, 0.2) is 30.3 Å². The van der Waals surface area contributed by atoms with Crippen LogP contribution in [-0.4, -0.2) is 34.6 Å². The van der Waals surface area contributed by atoms with E-state index in [1.165, 1.54) is 11.8 Å². The van der Waals surface area contributed by atoms with E-state index in [-0.39, 0.29) is 6.42 Å². The van der Waals surface area contributed by atoms with Gasteiger partial charge >= 0.3 is 11.9 Å². The number of hydrogen-bond donors (Lipinski definition) is 0. The largest absolute Gasteiger partial charge is 0.466 e. The molecular weight excluding hydrogens is 380 g/mol. The minimum atomic E-state index is -0.698. The molecule has 0 aliphatic carbocycles. The molecule has 1 atom stereocenters. The second kappa shape index (κ2) is 12.9. The third-order valence-electron chi connectivity index (χ3n) is 3.77. The molecule has 0 amide bonds. The van der Waals surface area contributed by atoms with Gasteiger partial charge in [-0.1, -0.05) is 82.0 Å². The Hall–Kier alpha value is -1.40. The zero-order chi connectivity index (χ0) is 20.2. The molecule has 4 nitrogen and oxygen atoms in total. The summed E-state index contributed by atoms with van der Waals surface area (Å²) in [6, 6.07) is 9.45. The molecule has 0 saturated carbocycles. The van der Waals surface area contributed by atoms with Crippen LogP contribution in [0, 0.1) is 11.8 Å². The van der Waals surface area contributed by atoms with Crippen LogP contribution in [0.4, 0.5) is 0 Å². The molecule has 0 aliphatic heterocycles. The van der Waals surface area contributed by atoms with Crippen molar-refractivity contribution in [2.45, 2.75) is 52.2 Å². The second-order valence-electron chi connectivity index (χ2n) is 7.22. The molecule has 150 valence electrons. The van der Waals surface area contributed by atoms with E-state index in [4.69, 9.17) is 21.7 Å². The predicted octanol–water partition coefficient (Wildman–Crippen LogP) is 5.03. The summed E-state index contributed by atoms with van der Waals surface area (Å²) in [6.45, 7) is 8.97. The fourth-order valence-electron chi connectivity index (χ4n) is 2.05. The molecule has 1 rings (SSSR count). The summed E-state index contributed by atoms with van der Waals surface area (Å²) in [6.07, 6.45) is 1.53. The Balaban J connectivity index is 2.68. The van der Waals surface area contributed by atoms with E-state index in [9.17, 15) is 9.59 Å². The molecule has 0 N–H and O–H groups in total. The van der Waals surface area contributed by atoms with Gasteiger partial charge in [0.1, 0.15) is 5.25 Å². The Labute approximate surface area is 172 Å². The van der Waals surface area contributed by atoms with Gasteiger partial charge in [0.05, 0.1) is 23.8 Å². The van der Waals surface area contributed by atoms with Crippen molar-refractivity contribution in [2.24, 2.45) is 11.8 Å². The van der Waals surface area contributed by atoms with Gasteiger partial charge in [0.2, 0.25) is 0 Å². The zero-order valence-corrected chi connectivity index (χ0v) is 18.2. The van der Waals surface area contributed by atoms with Crippen molar-refractivity contribution in [2.75, 3.05) is 13.2 Å². The van der Waals surface area contributed by atoms with Gasteiger partial charge in [-0.15, -0.1) is 0 Å². The number of ether oxygens (including phenoxy) is 2. The van der Waals surface area contributed by atoms with Crippen molar-refractivity contribution >= 4 is 40.1 Å². The summed E-state index contributed by atoms with van der Waals surface area (Å²) in [4.78, 5) is 24.7. The first-order valence-corrected chi connectivity index (χ1v) is 10.7. The van der Waals surface area contributed by atoms with Gasteiger partial charge in [0, 0.05) is 0 Å². The van der Waals surface area contributed by atoms with Crippen LogP contribution in [0.3, 0.4) is 0 Å². The molecule has 1 aromatic rings. The van der Waals surface area contributed by atoms with Crippen LogP contribution in [0.25, 0.3) is 0 Å². The molecule has 0 heterocycles. The zero-order valence-electron chi connectivity index (χ0n) is 16.6. The van der Waals surface area contributed by atoms with E-state index >= 15 is 0 Å². The molecule has 0 saturated heterocycles. The number of thiocarbonyl (C=S) groups is 1. The minimum absolute atomic E-state index is 0.0454. The van der Waals surface area contributed by atoms with Crippen molar-refractivity contribution in [1.29, 1.82) is 0 Å². The molecular formula is C21H30O4S2. The van der Waals surface area contributed by atoms with Gasteiger partial charge in [-0.3, -0.25) is 9.59 Å². The lowest BCUT2D eigenvalue weighted by atomic mass is 10.1. The van der Waals surface area contributed by atoms with Crippen LogP contribution >= 0.6 is 24.0 Å². The Bertz CT molecular complexity index is 599. The molecule has 0 aliphatic rings. The summed E-state index contributed by atoms with van der Waals surface area (Å²) in [5, 5.41) is -0.698. The third-order valence-corrected chi connectivity index (χ3v) is 5.39. The summed E-state index contributed by atoms with van der Waals surface area (Å²) >= 11 is 6.64. The quantitative estimate of drug-likeness (QED) is 0.377. The van der Waals surface area contributed by atoms with Crippen molar-refractivity contribution in [3.63, 3.8) is 0 Å². The highest BCUT2D eigenvalue weighted by atomic mass is 32.2. The first-order chi connectivity index (χ1) is 12.8. The van der Waals surface area contributed by atoms with Crippen molar-refractivity contribution in [1.82, 2.24) is 0 Å². The molecule has 0 bridgehead atoms. The van der Waals surface area contributed by atoms with Crippen molar-refractivity contribution < 1.29 is 19.1 Å². The number of rotatable bonds is 11. The SMILES string of the molecule is CC(C)CCOC(=O)CC(SC(=S)c1ccccc1)C(=O)OCCC(C)C. The van der Waals surface area contributed by atoms with Gasteiger partial charge in [0.15, 0.2) is 0 Å². The summed E-state index contributed by atoms with van der Waals surface area (Å²) < 4.78 is 11.2. The van der Waals surface area contributed by atoms with E-state index < -0.39 is 17.2 Å². The Morgan fingerprint density at radius 1 is 0.963 bits per heavy atom. The topological polar surface area (TPSA) is 52.6 Å². The van der Waals surface area contributed by atoms with Gasteiger partial charge in [-0.2, -0.15) is 0 Å². The average Bonchev–Trinajstić information content (AvgIpc) is 2.61. The van der Waals surface area contributed by atoms with Gasteiger partial charge < -0.3 is 9.47 Å². The number of thioether (sulfide) groups is 1. The first kappa shape index (κ1) is 23.6. The maximum Gasteiger partial charge on any atom is 0.320 e. The maximum atomic E-state index is 12.5. The standard InChI is InChI=1S/C21H30O4S2/c1-15(2)10-12-24-19(22)14-18(20(23)25-13-11-16(3)4)27-21(26)17-8-6-5-7-9-17/h5-9,15-16,18H,10-14H2,1-4H3. The molecule has 27 heavy (non-hydrogen) atoms. The lowest BCUT2D eigenvalue weighted by Crippen LogP contribution is -2.26. The first-order valence-electron chi connectivity index (χ1n) is 9.37. The van der Waals surface area contributed by atoms with Crippen LogP contribution < -0.4 is 0 Å². The van der Waals surface area contributed by atoms with E-state index in [1.54, 1.807) is 0 Å². The minimum Gasteiger partial charge on any atom is -0.466 e. The fourth-order valence-corrected chi connectivity index (χ4v) is 3.45. The second-order valence-corrected chi connectivity index (χ2v) is 9.10. The Morgan fingerprint density at radius 2 is 1.52 bits per heavy atom. The Morgan fingerprint density at radius 3 is 2.07 bits per heavy atom. The highest BCUT2D eigenvalue weighted by Crippen LogP contribution is 2.24. The van der Waals surface area contributed by atoms with Crippen molar-refractivity contribution in [3.8, 4) is 0 Å². The molecule has 6 heteroatoms. The van der Waals surface area contributed by atoms with E-state index in [1.807, 2.05) is 30.3 Å². The number of carbonyl (C=O) groups is 2. The van der Waals surface area contributed by atoms with Crippen molar-refractivity contribution in [3.05, 3.63) is 35.9 Å². The van der Waals surface area contributed by atoms with E-state index in [0.717, 1.165) is 18.4 Å². The van der Waals surface area contributed by atoms with E-state index in [0.29, 0.717) is 29.2 Å². The maximum absolute atomic E-state index is 12.5. The molecule has 1 aromatic carbocycles. The van der Waals surface area contributed by atoms with Crippen LogP contribution in [0.5, 0.6) is 0 Å². The van der Waals surface area contributed by atoms with Crippen LogP contribution in [0.2, 0.25) is 0 Å². The lowest BCUT2D eigenvalue weighted by Gasteiger charge is -2.16. The van der Waals surface area contributed by atoms with Crippen LogP contribution in [0.1, 0.15) is 52.5 Å². The highest BCUT2D eigenvalue weighted by Gasteiger charge is 2.27. The smallest absolute Gasteiger partial charge is 0.320 e.